The molecule has 0 saturated heterocycles. The van der Waals surface area contributed by atoms with Crippen molar-refractivity contribution in [2.24, 2.45) is 5.92 Å². The largest absolute Gasteiger partial charge is 0.241 e. The highest BCUT2D eigenvalue weighted by atomic mass is 79.9. The van der Waals surface area contributed by atoms with E-state index >= 15 is 0 Å². The van der Waals surface area contributed by atoms with Crippen LogP contribution in [0.15, 0.2) is 24.3 Å². The fourth-order valence-electron chi connectivity index (χ4n) is 2.45. The number of rotatable bonds is 2. The molecule has 0 spiro atoms. The van der Waals surface area contributed by atoms with E-state index in [4.69, 9.17) is 4.98 Å². The molecular formula is C13H14BrNS. The Balaban J connectivity index is 1.79. The van der Waals surface area contributed by atoms with Gasteiger partial charge in [-0.25, -0.2) is 4.98 Å². The number of thiazole rings is 1. The van der Waals surface area contributed by atoms with Gasteiger partial charge in [-0.3, -0.25) is 0 Å². The first-order chi connectivity index (χ1) is 7.81. The van der Waals surface area contributed by atoms with Crippen LogP contribution in [0.3, 0.4) is 0 Å². The topological polar surface area (TPSA) is 12.9 Å². The van der Waals surface area contributed by atoms with E-state index in [1.54, 1.807) is 0 Å². The van der Waals surface area contributed by atoms with Gasteiger partial charge in [0.2, 0.25) is 0 Å². The van der Waals surface area contributed by atoms with Gasteiger partial charge in [0, 0.05) is 11.2 Å². The van der Waals surface area contributed by atoms with E-state index in [1.807, 2.05) is 11.3 Å². The lowest BCUT2D eigenvalue weighted by Crippen LogP contribution is -1.99. The fraction of sp³-hybridized carbons (Fsp3) is 0.462. The summed E-state index contributed by atoms with van der Waals surface area (Å²) in [5.74, 6) is 0.838. The number of aromatic nitrogens is 1. The van der Waals surface area contributed by atoms with E-state index in [2.05, 4.69) is 40.2 Å². The lowest BCUT2D eigenvalue weighted by molar-refractivity contribution is 0.547. The van der Waals surface area contributed by atoms with Crippen LogP contribution >= 0.6 is 27.3 Å². The quantitative estimate of drug-likeness (QED) is 0.748. The summed E-state index contributed by atoms with van der Waals surface area (Å²) in [6.07, 6.45) is 5.17. The number of benzene rings is 1. The van der Waals surface area contributed by atoms with Crippen LogP contribution in [0.25, 0.3) is 10.2 Å². The summed E-state index contributed by atoms with van der Waals surface area (Å²) in [4.78, 5) is 5.45. The highest BCUT2D eigenvalue weighted by molar-refractivity contribution is 9.09. The number of hydrogen-bond donors (Lipinski definition) is 0. The van der Waals surface area contributed by atoms with Crippen LogP contribution in [0.4, 0.5) is 0 Å². The Bertz CT molecular complexity index is 460. The van der Waals surface area contributed by atoms with Gasteiger partial charge in [0.25, 0.3) is 0 Å². The normalized spacial score (nSPS) is 25.3. The van der Waals surface area contributed by atoms with Crippen LogP contribution < -0.4 is 0 Å². The molecule has 1 aliphatic carbocycles. The highest BCUT2D eigenvalue weighted by Crippen LogP contribution is 2.34. The van der Waals surface area contributed by atoms with Crippen molar-refractivity contribution in [3.8, 4) is 0 Å². The molecule has 0 N–H and O–H groups in total. The van der Waals surface area contributed by atoms with Crippen molar-refractivity contribution in [2.75, 3.05) is 0 Å². The van der Waals surface area contributed by atoms with E-state index in [1.165, 1.54) is 35.4 Å². The third-order valence-corrected chi connectivity index (χ3v) is 5.17. The Hall–Kier alpha value is -0.410. The van der Waals surface area contributed by atoms with E-state index in [0.29, 0.717) is 0 Å². The maximum Gasteiger partial charge on any atom is 0.0941 e. The molecule has 3 rings (SSSR count). The molecule has 84 valence electrons. The van der Waals surface area contributed by atoms with Gasteiger partial charge in [0.05, 0.1) is 15.2 Å². The van der Waals surface area contributed by atoms with Crippen LogP contribution in [-0.2, 0) is 6.42 Å². The zero-order chi connectivity index (χ0) is 11.0. The van der Waals surface area contributed by atoms with Gasteiger partial charge >= 0.3 is 0 Å². The van der Waals surface area contributed by atoms with Gasteiger partial charge in [-0.2, -0.15) is 0 Å². The van der Waals surface area contributed by atoms with Gasteiger partial charge in [0.1, 0.15) is 0 Å². The summed E-state index contributed by atoms with van der Waals surface area (Å²) in [6.45, 7) is 0. The minimum absolute atomic E-state index is 0.742. The van der Waals surface area contributed by atoms with Gasteiger partial charge in [-0.15, -0.1) is 11.3 Å². The summed E-state index contributed by atoms with van der Waals surface area (Å²) in [5.41, 5.74) is 1.16. The number of alkyl halides is 1. The number of fused-ring (bicyclic) bond motifs is 1. The molecular weight excluding hydrogens is 282 g/mol. The van der Waals surface area contributed by atoms with Crippen molar-refractivity contribution in [3.05, 3.63) is 29.3 Å². The van der Waals surface area contributed by atoms with Crippen molar-refractivity contribution < 1.29 is 0 Å². The number of para-hydroxylation sites is 1. The predicted molar refractivity (Wildman–Crippen MR) is 73.4 cm³/mol. The van der Waals surface area contributed by atoms with Crippen LogP contribution in [0.5, 0.6) is 0 Å². The SMILES string of the molecule is BrC1CCC(Cc2nc3ccccc3s2)C1. The van der Waals surface area contributed by atoms with Gasteiger partial charge in [-0.05, 0) is 37.3 Å². The molecule has 1 aromatic heterocycles. The fourth-order valence-corrected chi connectivity index (χ4v) is 4.33. The maximum absolute atomic E-state index is 4.70. The second-order valence-corrected chi connectivity index (χ2v) is 6.97. The summed E-state index contributed by atoms with van der Waals surface area (Å²) < 4.78 is 1.32. The van der Waals surface area contributed by atoms with Gasteiger partial charge < -0.3 is 0 Å². The lowest BCUT2D eigenvalue weighted by Gasteiger charge is -2.05. The average molecular weight is 296 g/mol. The van der Waals surface area contributed by atoms with Crippen LogP contribution in [0.2, 0.25) is 0 Å². The Morgan fingerprint density at radius 3 is 2.94 bits per heavy atom. The number of hydrogen-bond acceptors (Lipinski definition) is 2. The molecule has 2 atom stereocenters. The first-order valence-corrected chi connectivity index (χ1v) is 7.53. The second-order valence-electron chi connectivity index (χ2n) is 4.56. The first-order valence-electron chi connectivity index (χ1n) is 5.80. The maximum atomic E-state index is 4.70. The monoisotopic (exact) mass is 295 g/mol. The number of nitrogens with zero attached hydrogens (tertiary/aromatic N) is 1. The first kappa shape index (κ1) is 10.7. The van der Waals surface area contributed by atoms with Gasteiger partial charge in [-0.1, -0.05) is 28.1 Å². The molecule has 0 radical (unpaired) electrons. The average Bonchev–Trinajstić information content (AvgIpc) is 2.84. The summed E-state index contributed by atoms with van der Waals surface area (Å²) >= 11 is 5.57. The van der Waals surface area contributed by atoms with Crippen molar-refractivity contribution >= 4 is 37.5 Å². The minimum Gasteiger partial charge on any atom is -0.241 e. The molecule has 3 heteroatoms. The van der Waals surface area contributed by atoms with E-state index in [9.17, 15) is 0 Å². The molecule has 1 aromatic carbocycles. The molecule has 1 nitrogen and oxygen atoms in total. The standard InChI is InChI=1S/C13H14BrNS/c14-10-6-5-9(7-10)8-13-15-11-3-1-2-4-12(11)16-13/h1-4,9-10H,5-8H2. The summed E-state index contributed by atoms with van der Waals surface area (Å²) in [5, 5.41) is 1.31. The predicted octanol–water partition coefficient (Wildman–Crippen LogP) is 4.40. The smallest absolute Gasteiger partial charge is 0.0941 e. The lowest BCUT2D eigenvalue weighted by atomic mass is 10.1. The third-order valence-electron chi connectivity index (χ3n) is 3.28. The minimum atomic E-state index is 0.742. The molecule has 1 heterocycles. The van der Waals surface area contributed by atoms with E-state index < -0.39 is 0 Å². The van der Waals surface area contributed by atoms with Crippen LogP contribution in [-0.4, -0.2) is 9.81 Å². The Morgan fingerprint density at radius 2 is 2.19 bits per heavy atom. The molecule has 2 aromatic rings. The van der Waals surface area contributed by atoms with Crippen molar-refractivity contribution in [2.45, 2.75) is 30.5 Å². The molecule has 1 saturated carbocycles. The molecule has 1 aliphatic rings. The van der Waals surface area contributed by atoms with Crippen molar-refractivity contribution in [3.63, 3.8) is 0 Å². The molecule has 16 heavy (non-hydrogen) atoms. The van der Waals surface area contributed by atoms with Crippen molar-refractivity contribution in [1.82, 2.24) is 4.98 Å². The molecule has 0 aliphatic heterocycles. The zero-order valence-electron chi connectivity index (χ0n) is 9.03. The Kier molecular flexibility index (Phi) is 2.99. The van der Waals surface area contributed by atoms with Crippen molar-refractivity contribution in [1.29, 1.82) is 0 Å². The highest BCUT2D eigenvalue weighted by Gasteiger charge is 2.23. The molecule has 0 bridgehead atoms. The molecule has 1 fully saturated rings. The second kappa shape index (κ2) is 4.46. The van der Waals surface area contributed by atoms with Gasteiger partial charge in [0.15, 0.2) is 0 Å². The Morgan fingerprint density at radius 1 is 1.31 bits per heavy atom. The van der Waals surface area contributed by atoms with Crippen LogP contribution in [0, 0.1) is 5.92 Å². The molecule has 2 unspecified atom stereocenters. The summed E-state index contributed by atoms with van der Waals surface area (Å²) in [7, 11) is 0. The van der Waals surface area contributed by atoms with E-state index in [0.717, 1.165) is 16.3 Å². The zero-order valence-corrected chi connectivity index (χ0v) is 11.4. The van der Waals surface area contributed by atoms with Crippen LogP contribution in [0.1, 0.15) is 24.3 Å². The Labute approximate surface area is 108 Å². The van der Waals surface area contributed by atoms with E-state index in [-0.39, 0.29) is 0 Å². The number of halogens is 1. The molecule has 0 amide bonds. The third kappa shape index (κ3) is 2.16. The summed E-state index contributed by atoms with van der Waals surface area (Å²) in [6, 6.07) is 8.43.